The Kier molecular flexibility index (Phi) is 5.37. The summed E-state index contributed by atoms with van der Waals surface area (Å²) in [6.45, 7) is 7.18. The highest BCUT2D eigenvalue weighted by molar-refractivity contribution is 7.10. The van der Waals surface area contributed by atoms with Crippen molar-refractivity contribution in [2.45, 2.75) is 38.6 Å². The number of likely N-dealkylation sites (tertiary alicyclic amines) is 2. The van der Waals surface area contributed by atoms with Gasteiger partial charge in [-0.05, 0) is 56.1 Å². The monoisotopic (exact) mass is 321 g/mol. The Morgan fingerprint density at radius 1 is 1.32 bits per heavy atom. The molecule has 2 fully saturated rings. The Morgan fingerprint density at radius 2 is 2.05 bits per heavy atom. The largest absolute Gasteiger partial charge is 0.336 e. The van der Waals surface area contributed by atoms with Crippen LogP contribution in [0.1, 0.15) is 43.5 Å². The average Bonchev–Trinajstić information content (AvgIpc) is 3.22. The van der Waals surface area contributed by atoms with E-state index >= 15 is 0 Å². The minimum absolute atomic E-state index is 0.115. The molecule has 1 N–H and O–H groups in total. The first-order valence-corrected chi connectivity index (χ1v) is 9.42. The quantitative estimate of drug-likeness (QED) is 0.923. The summed E-state index contributed by atoms with van der Waals surface area (Å²) in [4.78, 5) is 18.1. The van der Waals surface area contributed by atoms with Gasteiger partial charge in [-0.15, -0.1) is 11.3 Å². The highest BCUT2D eigenvalue weighted by Gasteiger charge is 2.26. The first kappa shape index (κ1) is 15.8. The van der Waals surface area contributed by atoms with Gasteiger partial charge in [0, 0.05) is 24.5 Å². The maximum Gasteiger partial charge on any atom is 0.317 e. The number of rotatable bonds is 4. The summed E-state index contributed by atoms with van der Waals surface area (Å²) in [5.74, 6) is 0.833. The van der Waals surface area contributed by atoms with Gasteiger partial charge < -0.3 is 10.2 Å². The minimum Gasteiger partial charge on any atom is -0.336 e. The Bertz CT molecular complexity index is 462. The summed E-state index contributed by atoms with van der Waals surface area (Å²) in [6.07, 6.45) is 4.82. The van der Waals surface area contributed by atoms with E-state index in [1.807, 2.05) is 4.90 Å². The van der Waals surface area contributed by atoms with E-state index in [-0.39, 0.29) is 6.03 Å². The molecular formula is C17H27N3OS. The van der Waals surface area contributed by atoms with Crippen LogP contribution in [0, 0.1) is 5.92 Å². The molecule has 1 aromatic heterocycles. The van der Waals surface area contributed by atoms with Crippen LogP contribution in [0.15, 0.2) is 17.5 Å². The number of carbonyl (C=O) groups excluding carboxylic acids is 1. The fourth-order valence-corrected chi connectivity index (χ4v) is 4.31. The van der Waals surface area contributed by atoms with Gasteiger partial charge in [0.15, 0.2) is 0 Å². The highest BCUT2D eigenvalue weighted by Crippen LogP contribution is 2.29. The number of nitrogens with zero attached hydrogens (tertiary/aromatic N) is 2. The third-order valence-corrected chi connectivity index (χ3v) is 5.94. The van der Waals surface area contributed by atoms with Gasteiger partial charge in [0.2, 0.25) is 0 Å². The number of amides is 2. The molecule has 1 aromatic rings. The zero-order chi connectivity index (χ0) is 15.4. The van der Waals surface area contributed by atoms with Crippen LogP contribution in [-0.4, -0.2) is 48.6 Å². The number of hydrogen-bond donors (Lipinski definition) is 1. The van der Waals surface area contributed by atoms with E-state index in [0.29, 0.717) is 6.04 Å². The predicted molar refractivity (Wildman–Crippen MR) is 91.2 cm³/mol. The van der Waals surface area contributed by atoms with Crippen LogP contribution in [0.2, 0.25) is 0 Å². The summed E-state index contributed by atoms with van der Waals surface area (Å²) < 4.78 is 0. The molecule has 0 saturated carbocycles. The summed E-state index contributed by atoms with van der Waals surface area (Å²) >= 11 is 1.80. The lowest BCUT2D eigenvalue weighted by molar-refractivity contribution is 0.136. The molecule has 0 spiro atoms. The molecule has 0 aliphatic carbocycles. The minimum atomic E-state index is 0.115. The Labute approximate surface area is 137 Å². The van der Waals surface area contributed by atoms with Gasteiger partial charge in [-0.3, -0.25) is 4.90 Å². The van der Waals surface area contributed by atoms with Crippen molar-refractivity contribution in [3.05, 3.63) is 22.4 Å². The normalized spacial score (nSPS) is 22.0. The molecule has 22 heavy (non-hydrogen) atoms. The van der Waals surface area contributed by atoms with Crippen molar-refractivity contribution in [3.63, 3.8) is 0 Å². The van der Waals surface area contributed by atoms with E-state index in [1.54, 1.807) is 11.3 Å². The molecule has 3 heterocycles. The summed E-state index contributed by atoms with van der Waals surface area (Å²) in [5, 5.41) is 5.31. The number of nitrogens with one attached hydrogen (secondary N) is 1. The smallest absolute Gasteiger partial charge is 0.317 e. The number of urea groups is 1. The summed E-state index contributed by atoms with van der Waals surface area (Å²) in [5.41, 5.74) is 0. The zero-order valence-corrected chi connectivity index (χ0v) is 14.3. The van der Waals surface area contributed by atoms with Gasteiger partial charge in [-0.2, -0.15) is 0 Å². The van der Waals surface area contributed by atoms with Crippen molar-refractivity contribution in [1.29, 1.82) is 0 Å². The maximum atomic E-state index is 12.3. The molecule has 3 rings (SSSR count). The van der Waals surface area contributed by atoms with Gasteiger partial charge >= 0.3 is 6.03 Å². The van der Waals surface area contributed by atoms with Gasteiger partial charge in [0.05, 0.1) is 6.04 Å². The van der Waals surface area contributed by atoms with E-state index < -0.39 is 0 Å². The Balaban J connectivity index is 1.60. The van der Waals surface area contributed by atoms with Gasteiger partial charge in [-0.1, -0.05) is 13.0 Å². The van der Waals surface area contributed by atoms with Crippen molar-refractivity contribution in [2.24, 2.45) is 5.92 Å². The second-order valence-corrected chi connectivity index (χ2v) is 7.61. The van der Waals surface area contributed by atoms with Crippen LogP contribution in [-0.2, 0) is 0 Å². The second-order valence-electron chi connectivity index (χ2n) is 6.63. The molecule has 5 heteroatoms. The van der Waals surface area contributed by atoms with E-state index in [1.165, 1.54) is 17.7 Å². The van der Waals surface area contributed by atoms with Crippen LogP contribution in [0.25, 0.3) is 0 Å². The van der Waals surface area contributed by atoms with Gasteiger partial charge in [-0.25, -0.2) is 4.79 Å². The number of piperidine rings is 1. The van der Waals surface area contributed by atoms with Gasteiger partial charge in [0.25, 0.3) is 0 Å². The summed E-state index contributed by atoms with van der Waals surface area (Å²) in [7, 11) is 0. The van der Waals surface area contributed by atoms with Gasteiger partial charge in [0.1, 0.15) is 0 Å². The first-order valence-electron chi connectivity index (χ1n) is 8.54. The summed E-state index contributed by atoms with van der Waals surface area (Å²) in [6, 6.07) is 4.76. The zero-order valence-electron chi connectivity index (χ0n) is 13.5. The number of carbonyl (C=O) groups is 1. The third kappa shape index (κ3) is 3.82. The maximum absolute atomic E-state index is 12.3. The lowest BCUT2D eigenvalue weighted by Crippen LogP contribution is -2.45. The molecule has 2 aliphatic rings. The van der Waals surface area contributed by atoms with Crippen molar-refractivity contribution >= 4 is 17.4 Å². The fourth-order valence-electron chi connectivity index (χ4n) is 3.45. The topological polar surface area (TPSA) is 35.6 Å². The Hall–Kier alpha value is -1.07. The van der Waals surface area contributed by atoms with E-state index in [2.05, 4.69) is 34.7 Å². The molecule has 1 unspecified atom stereocenters. The van der Waals surface area contributed by atoms with Crippen LogP contribution in [0.5, 0.6) is 0 Å². The third-order valence-electron chi connectivity index (χ3n) is 4.97. The predicted octanol–water partition coefficient (Wildman–Crippen LogP) is 3.33. The molecule has 4 nitrogen and oxygen atoms in total. The lowest BCUT2D eigenvalue weighted by atomic mass is 9.97. The van der Waals surface area contributed by atoms with E-state index in [9.17, 15) is 4.79 Å². The van der Waals surface area contributed by atoms with Crippen LogP contribution >= 0.6 is 11.3 Å². The van der Waals surface area contributed by atoms with E-state index in [0.717, 1.165) is 51.5 Å². The Morgan fingerprint density at radius 3 is 2.68 bits per heavy atom. The highest BCUT2D eigenvalue weighted by atomic mass is 32.1. The average molecular weight is 321 g/mol. The molecule has 1 atom stereocenters. The molecule has 0 aromatic carbocycles. The molecule has 2 saturated heterocycles. The standard InChI is InChI=1S/C17H27N3OS/c1-14-6-10-19(11-7-14)15(16-5-4-12-22-16)13-18-17(21)20-8-2-3-9-20/h4-5,12,14-15H,2-3,6-11,13H2,1H3,(H,18,21). The van der Waals surface area contributed by atoms with Crippen LogP contribution < -0.4 is 5.32 Å². The van der Waals surface area contributed by atoms with Crippen LogP contribution in [0.4, 0.5) is 4.79 Å². The second kappa shape index (κ2) is 7.47. The molecule has 0 radical (unpaired) electrons. The number of hydrogen-bond acceptors (Lipinski definition) is 3. The molecular weight excluding hydrogens is 294 g/mol. The molecule has 2 aliphatic heterocycles. The number of thiophene rings is 1. The van der Waals surface area contributed by atoms with Crippen LogP contribution in [0.3, 0.4) is 0 Å². The fraction of sp³-hybridized carbons (Fsp3) is 0.706. The molecule has 122 valence electrons. The van der Waals surface area contributed by atoms with Crippen molar-refractivity contribution < 1.29 is 4.79 Å². The van der Waals surface area contributed by atoms with E-state index in [4.69, 9.17) is 0 Å². The molecule has 0 bridgehead atoms. The molecule has 2 amide bonds. The van der Waals surface area contributed by atoms with Crippen molar-refractivity contribution in [1.82, 2.24) is 15.1 Å². The SMILES string of the molecule is CC1CCN(C(CNC(=O)N2CCCC2)c2cccs2)CC1. The lowest BCUT2D eigenvalue weighted by Gasteiger charge is -2.36. The first-order chi connectivity index (χ1) is 10.7. The van der Waals surface area contributed by atoms with Crippen molar-refractivity contribution in [2.75, 3.05) is 32.7 Å². The van der Waals surface area contributed by atoms with Crippen molar-refractivity contribution in [3.8, 4) is 0 Å².